The van der Waals surface area contributed by atoms with E-state index in [1.807, 2.05) is 0 Å². The van der Waals surface area contributed by atoms with Gasteiger partial charge in [-0.15, -0.1) is 0 Å². The zero-order valence-corrected chi connectivity index (χ0v) is 14.1. The number of rotatable bonds is 4. The average Bonchev–Trinajstić information content (AvgIpc) is 2.48. The zero-order chi connectivity index (χ0) is 15.5. The van der Waals surface area contributed by atoms with Crippen molar-refractivity contribution in [3.05, 3.63) is 17.0 Å². The van der Waals surface area contributed by atoms with E-state index in [4.69, 9.17) is 9.72 Å². The molecule has 0 amide bonds. The van der Waals surface area contributed by atoms with Gasteiger partial charge >= 0.3 is 0 Å². The van der Waals surface area contributed by atoms with Crippen molar-refractivity contribution in [1.82, 2.24) is 14.9 Å². The van der Waals surface area contributed by atoms with Crippen molar-refractivity contribution in [1.29, 1.82) is 0 Å². The third kappa shape index (κ3) is 3.76. The van der Waals surface area contributed by atoms with E-state index < -0.39 is 0 Å². The number of hydrogen-bond acceptors (Lipinski definition) is 5. The maximum atomic E-state index is 5.46. The quantitative estimate of drug-likeness (QED) is 0.925. The number of fused-ring (bicyclic) bond motifs is 1. The van der Waals surface area contributed by atoms with E-state index in [1.54, 1.807) is 0 Å². The van der Waals surface area contributed by atoms with Crippen LogP contribution in [0.1, 0.15) is 43.6 Å². The van der Waals surface area contributed by atoms with E-state index in [2.05, 4.69) is 36.0 Å². The van der Waals surface area contributed by atoms with Gasteiger partial charge in [0.05, 0.1) is 5.69 Å². The summed E-state index contributed by atoms with van der Waals surface area (Å²) in [5.74, 6) is 1.57. The molecule has 0 unspecified atom stereocenters. The minimum Gasteiger partial charge on any atom is -0.381 e. The van der Waals surface area contributed by atoms with Crippen molar-refractivity contribution in [2.24, 2.45) is 5.92 Å². The van der Waals surface area contributed by atoms with E-state index in [0.29, 0.717) is 6.04 Å². The summed E-state index contributed by atoms with van der Waals surface area (Å²) in [5.41, 5.74) is 3.70. The van der Waals surface area contributed by atoms with Crippen LogP contribution in [0.4, 0.5) is 5.95 Å². The average molecular weight is 304 g/mol. The lowest BCUT2D eigenvalue weighted by molar-refractivity contribution is 0.0504. The lowest BCUT2D eigenvalue weighted by Crippen LogP contribution is -2.37. The van der Waals surface area contributed by atoms with Gasteiger partial charge in [0.1, 0.15) is 0 Å². The molecule has 1 saturated heterocycles. The molecule has 122 valence electrons. The van der Waals surface area contributed by atoms with Gasteiger partial charge < -0.3 is 10.1 Å². The van der Waals surface area contributed by atoms with Gasteiger partial charge in [-0.3, -0.25) is 4.90 Å². The Kier molecular flexibility index (Phi) is 4.93. The largest absolute Gasteiger partial charge is 0.381 e. The molecule has 1 N–H and O–H groups in total. The maximum Gasteiger partial charge on any atom is 0.223 e. The Morgan fingerprint density at radius 2 is 2.05 bits per heavy atom. The second kappa shape index (κ2) is 6.92. The summed E-state index contributed by atoms with van der Waals surface area (Å²) in [6.45, 7) is 11.5. The van der Waals surface area contributed by atoms with Crippen LogP contribution in [-0.4, -0.2) is 47.2 Å². The molecule has 0 spiro atoms. The fourth-order valence-corrected chi connectivity index (χ4v) is 3.41. The first kappa shape index (κ1) is 15.7. The predicted molar refractivity (Wildman–Crippen MR) is 88.1 cm³/mol. The van der Waals surface area contributed by atoms with Crippen molar-refractivity contribution in [2.75, 3.05) is 31.6 Å². The van der Waals surface area contributed by atoms with Crippen LogP contribution in [-0.2, 0) is 17.7 Å². The van der Waals surface area contributed by atoms with Crippen LogP contribution in [0, 0.1) is 12.8 Å². The first-order valence-corrected chi connectivity index (χ1v) is 8.55. The van der Waals surface area contributed by atoms with Gasteiger partial charge in [-0.05, 0) is 39.5 Å². The molecule has 5 nitrogen and oxygen atoms in total. The first-order chi connectivity index (χ1) is 10.6. The van der Waals surface area contributed by atoms with Gasteiger partial charge in [0.25, 0.3) is 0 Å². The fraction of sp³-hybridized carbons (Fsp3) is 0.765. The Labute approximate surface area is 133 Å². The summed E-state index contributed by atoms with van der Waals surface area (Å²) < 4.78 is 5.46. The van der Waals surface area contributed by atoms with Crippen LogP contribution in [0.15, 0.2) is 0 Å². The third-order valence-corrected chi connectivity index (χ3v) is 4.62. The molecule has 2 aliphatic heterocycles. The smallest absolute Gasteiger partial charge is 0.223 e. The molecule has 1 aromatic heterocycles. The highest BCUT2D eigenvalue weighted by Gasteiger charge is 2.24. The number of anilines is 1. The van der Waals surface area contributed by atoms with Gasteiger partial charge in [0, 0.05) is 56.6 Å². The van der Waals surface area contributed by atoms with E-state index in [-0.39, 0.29) is 0 Å². The highest BCUT2D eigenvalue weighted by atomic mass is 16.5. The Bertz CT molecular complexity index is 512. The molecule has 0 radical (unpaired) electrons. The second-order valence-electron chi connectivity index (χ2n) is 6.90. The number of ether oxygens (including phenoxy) is 1. The van der Waals surface area contributed by atoms with Gasteiger partial charge in [-0.1, -0.05) is 0 Å². The molecule has 2 aliphatic rings. The highest BCUT2D eigenvalue weighted by molar-refractivity contribution is 5.36. The molecule has 0 atom stereocenters. The van der Waals surface area contributed by atoms with E-state index in [1.165, 1.54) is 30.6 Å². The molecule has 0 bridgehead atoms. The summed E-state index contributed by atoms with van der Waals surface area (Å²) in [6.07, 6.45) is 3.45. The molecule has 3 rings (SSSR count). The van der Waals surface area contributed by atoms with Crippen molar-refractivity contribution >= 4 is 5.95 Å². The fourth-order valence-electron chi connectivity index (χ4n) is 3.41. The number of nitrogens with zero attached hydrogens (tertiary/aromatic N) is 3. The highest BCUT2D eigenvalue weighted by Crippen LogP contribution is 2.24. The number of nitrogens with one attached hydrogen (secondary N) is 1. The molecule has 5 heteroatoms. The third-order valence-electron chi connectivity index (χ3n) is 4.62. The van der Waals surface area contributed by atoms with Crippen LogP contribution in [0.25, 0.3) is 0 Å². The van der Waals surface area contributed by atoms with E-state index in [0.717, 1.165) is 50.3 Å². The maximum absolute atomic E-state index is 5.46. The minimum atomic E-state index is 0.367. The predicted octanol–water partition coefficient (Wildman–Crippen LogP) is 2.39. The van der Waals surface area contributed by atoms with Gasteiger partial charge in [-0.2, -0.15) is 0 Å². The van der Waals surface area contributed by atoms with Crippen LogP contribution < -0.4 is 5.32 Å². The normalized spacial score (nSPS) is 20.2. The Hall–Kier alpha value is -1.20. The first-order valence-electron chi connectivity index (χ1n) is 8.55. The molecule has 1 aromatic rings. The molecular formula is C17H28N4O. The van der Waals surface area contributed by atoms with Gasteiger partial charge in [0.2, 0.25) is 5.95 Å². The minimum absolute atomic E-state index is 0.367. The standard InChI is InChI=1S/C17H28N4O/c1-12(2)18-17-19-13(3)15-11-21(7-4-16(15)20-17)10-14-5-8-22-9-6-14/h12,14H,4-11H2,1-3H3,(H,18,19,20). The van der Waals surface area contributed by atoms with E-state index >= 15 is 0 Å². The molecule has 0 saturated carbocycles. The van der Waals surface area contributed by atoms with Crippen molar-refractivity contribution in [3.8, 4) is 0 Å². The monoisotopic (exact) mass is 304 g/mol. The Morgan fingerprint density at radius 3 is 2.77 bits per heavy atom. The number of aromatic nitrogens is 2. The summed E-state index contributed by atoms with van der Waals surface area (Å²) in [5, 5.41) is 3.32. The Balaban J connectivity index is 1.67. The van der Waals surface area contributed by atoms with Crippen LogP contribution >= 0.6 is 0 Å². The second-order valence-corrected chi connectivity index (χ2v) is 6.90. The van der Waals surface area contributed by atoms with Crippen molar-refractivity contribution in [2.45, 2.75) is 52.6 Å². The topological polar surface area (TPSA) is 50.3 Å². The number of hydrogen-bond donors (Lipinski definition) is 1. The molecule has 0 aromatic carbocycles. The van der Waals surface area contributed by atoms with Gasteiger partial charge in [0.15, 0.2) is 0 Å². The zero-order valence-electron chi connectivity index (χ0n) is 14.1. The summed E-state index contributed by atoms with van der Waals surface area (Å²) in [4.78, 5) is 11.9. The Morgan fingerprint density at radius 1 is 1.27 bits per heavy atom. The molecule has 22 heavy (non-hydrogen) atoms. The SMILES string of the molecule is Cc1nc(NC(C)C)nc2c1CN(CC1CCOCC1)CC2. The lowest BCUT2D eigenvalue weighted by atomic mass is 9.97. The molecule has 1 fully saturated rings. The molecule has 3 heterocycles. The van der Waals surface area contributed by atoms with Crippen molar-refractivity contribution in [3.63, 3.8) is 0 Å². The van der Waals surface area contributed by atoms with Crippen LogP contribution in [0.3, 0.4) is 0 Å². The summed E-state index contributed by atoms with van der Waals surface area (Å²) >= 11 is 0. The molecule has 0 aliphatic carbocycles. The van der Waals surface area contributed by atoms with E-state index in [9.17, 15) is 0 Å². The summed E-state index contributed by atoms with van der Waals surface area (Å²) in [6, 6.07) is 0.367. The molecular weight excluding hydrogens is 276 g/mol. The van der Waals surface area contributed by atoms with Gasteiger partial charge in [-0.25, -0.2) is 9.97 Å². The summed E-state index contributed by atoms with van der Waals surface area (Å²) in [7, 11) is 0. The van der Waals surface area contributed by atoms with Crippen LogP contribution in [0.2, 0.25) is 0 Å². The van der Waals surface area contributed by atoms with Crippen molar-refractivity contribution < 1.29 is 4.74 Å². The lowest BCUT2D eigenvalue weighted by Gasteiger charge is -2.33. The van der Waals surface area contributed by atoms with Crippen LogP contribution in [0.5, 0.6) is 0 Å². The number of aryl methyl sites for hydroxylation is 1.